The highest BCUT2D eigenvalue weighted by Crippen LogP contribution is 2.28. The molecule has 3 rings (SSSR count). The number of hydrogen-bond acceptors (Lipinski definition) is 4. The van der Waals surface area contributed by atoms with Crippen molar-refractivity contribution in [3.63, 3.8) is 0 Å². The molecule has 0 atom stereocenters. The number of carbonyl (C=O) groups excluding carboxylic acids is 1. The lowest BCUT2D eigenvalue weighted by atomic mass is 10.1. The SMILES string of the molecule is O=C(Nc1ccc(C(F)(F)F)nc1)c1csc(Cc2ccccc2F)n1. The van der Waals surface area contributed by atoms with Crippen LogP contribution in [0.1, 0.15) is 26.8 Å². The van der Waals surface area contributed by atoms with E-state index in [-0.39, 0.29) is 23.6 Å². The zero-order chi connectivity index (χ0) is 18.7. The van der Waals surface area contributed by atoms with E-state index in [1.165, 1.54) is 22.8 Å². The summed E-state index contributed by atoms with van der Waals surface area (Å²) in [6, 6.07) is 8.15. The fourth-order valence-corrected chi connectivity index (χ4v) is 2.93. The maximum absolute atomic E-state index is 13.7. The Labute approximate surface area is 149 Å². The Morgan fingerprint density at radius 1 is 1.15 bits per heavy atom. The third-order valence-corrected chi connectivity index (χ3v) is 4.24. The summed E-state index contributed by atoms with van der Waals surface area (Å²) in [6.45, 7) is 0. The molecule has 0 saturated heterocycles. The first kappa shape index (κ1) is 18.0. The summed E-state index contributed by atoms with van der Waals surface area (Å²) < 4.78 is 51.1. The van der Waals surface area contributed by atoms with Gasteiger partial charge < -0.3 is 5.32 Å². The normalized spacial score (nSPS) is 11.4. The van der Waals surface area contributed by atoms with Crippen LogP contribution in [0.2, 0.25) is 0 Å². The van der Waals surface area contributed by atoms with Crippen molar-refractivity contribution in [2.24, 2.45) is 0 Å². The number of nitrogens with zero attached hydrogens (tertiary/aromatic N) is 2. The molecule has 2 aromatic heterocycles. The standard InChI is InChI=1S/C17H11F4N3OS/c18-12-4-2-1-3-10(12)7-15-24-13(9-26-15)16(25)23-11-5-6-14(22-8-11)17(19,20)21/h1-6,8-9H,7H2,(H,23,25). The number of anilines is 1. The van der Waals surface area contributed by atoms with Crippen molar-refractivity contribution in [1.29, 1.82) is 0 Å². The van der Waals surface area contributed by atoms with Gasteiger partial charge in [-0.15, -0.1) is 11.3 Å². The lowest BCUT2D eigenvalue weighted by molar-refractivity contribution is -0.141. The van der Waals surface area contributed by atoms with Crippen molar-refractivity contribution >= 4 is 22.9 Å². The van der Waals surface area contributed by atoms with Gasteiger partial charge >= 0.3 is 6.18 Å². The highest BCUT2D eigenvalue weighted by molar-refractivity contribution is 7.09. The van der Waals surface area contributed by atoms with Gasteiger partial charge in [-0.05, 0) is 23.8 Å². The largest absolute Gasteiger partial charge is 0.433 e. The Balaban J connectivity index is 1.67. The second kappa shape index (κ2) is 7.20. The van der Waals surface area contributed by atoms with E-state index in [4.69, 9.17) is 0 Å². The molecular weight excluding hydrogens is 370 g/mol. The summed E-state index contributed by atoms with van der Waals surface area (Å²) in [7, 11) is 0. The quantitative estimate of drug-likeness (QED) is 0.675. The van der Waals surface area contributed by atoms with E-state index in [1.54, 1.807) is 18.2 Å². The lowest BCUT2D eigenvalue weighted by Gasteiger charge is -2.07. The van der Waals surface area contributed by atoms with Crippen molar-refractivity contribution < 1.29 is 22.4 Å². The Hall–Kier alpha value is -2.81. The summed E-state index contributed by atoms with van der Waals surface area (Å²) in [4.78, 5) is 19.5. The van der Waals surface area contributed by atoms with E-state index >= 15 is 0 Å². The fraction of sp³-hybridized carbons (Fsp3) is 0.118. The van der Waals surface area contributed by atoms with Crippen LogP contribution < -0.4 is 5.32 Å². The molecule has 1 aromatic carbocycles. The smallest absolute Gasteiger partial charge is 0.319 e. The van der Waals surface area contributed by atoms with Gasteiger partial charge in [0.05, 0.1) is 16.9 Å². The van der Waals surface area contributed by atoms with Crippen molar-refractivity contribution in [1.82, 2.24) is 9.97 Å². The Bertz CT molecular complexity index is 922. The average molecular weight is 381 g/mol. The molecule has 0 aliphatic carbocycles. The first-order valence-electron chi connectivity index (χ1n) is 7.35. The summed E-state index contributed by atoms with van der Waals surface area (Å²) in [6.07, 6.45) is -3.38. The minimum absolute atomic E-state index is 0.0984. The van der Waals surface area contributed by atoms with Crippen LogP contribution in [0.15, 0.2) is 48.0 Å². The molecule has 1 amide bonds. The van der Waals surface area contributed by atoms with Gasteiger partial charge in [-0.1, -0.05) is 18.2 Å². The molecule has 3 aromatic rings. The van der Waals surface area contributed by atoms with Crippen LogP contribution in [-0.2, 0) is 12.6 Å². The molecule has 0 fully saturated rings. The minimum atomic E-state index is -4.54. The molecule has 0 bridgehead atoms. The van der Waals surface area contributed by atoms with Crippen molar-refractivity contribution in [3.8, 4) is 0 Å². The third-order valence-electron chi connectivity index (χ3n) is 3.40. The van der Waals surface area contributed by atoms with Gasteiger partial charge in [0.1, 0.15) is 17.2 Å². The summed E-state index contributed by atoms with van der Waals surface area (Å²) >= 11 is 1.19. The molecule has 0 radical (unpaired) electrons. The molecule has 9 heteroatoms. The molecule has 0 saturated carbocycles. The predicted molar refractivity (Wildman–Crippen MR) is 88.5 cm³/mol. The third kappa shape index (κ3) is 4.23. The molecular formula is C17H11F4N3OS. The maximum atomic E-state index is 13.7. The van der Waals surface area contributed by atoms with E-state index in [9.17, 15) is 22.4 Å². The number of carbonyl (C=O) groups is 1. The molecule has 0 spiro atoms. The number of pyridine rings is 1. The zero-order valence-corrected chi connectivity index (χ0v) is 13.9. The number of benzene rings is 1. The van der Waals surface area contributed by atoms with Gasteiger partial charge in [0.15, 0.2) is 0 Å². The van der Waals surface area contributed by atoms with E-state index in [1.807, 2.05) is 0 Å². The molecule has 2 heterocycles. The molecule has 0 aliphatic heterocycles. The van der Waals surface area contributed by atoms with Crippen LogP contribution in [0.4, 0.5) is 23.2 Å². The first-order valence-corrected chi connectivity index (χ1v) is 8.23. The Kier molecular flexibility index (Phi) is 4.99. The summed E-state index contributed by atoms with van der Waals surface area (Å²) in [5, 5.41) is 4.48. The molecule has 134 valence electrons. The van der Waals surface area contributed by atoms with Crippen LogP contribution >= 0.6 is 11.3 Å². The van der Waals surface area contributed by atoms with Crippen LogP contribution in [0.25, 0.3) is 0 Å². The minimum Gasteiger partial charge on any atom is -0.319 e. The average Bonchev–Trinajstić information content (AvgIpc) is 3.05. The molecule has 26 heavy (non-hydrogen) atoms. The van der Waals surface area contributed by atoms with Crippen molar-refractivity contribution in [2.75, 3.05) is 5.32 Å². The number of nitrogens with one attached hydrogen (secondary N) is 1. The van der Waals surface area contributed by atoms with Gasteiger partial charge in [0.25, 0.3) is 5.91 Å². The van der Waals surface area contributed by atoms with Gasteiger partial charge in [-0.2, -0.15) is 13.2 Å². The Morgan fingerprint density at radius 3 is 2.58 bits per heavy atom. The van der Waals surface area contributed by atoms with Crippen LogP contribution in [0.5, 0.6) is 0 Å². The molecule has 1 N–H and O–H groups in total. The molecule has 4 nitrogen and oxygen atoms in total. The number of hydrogen-bond donors (Lipinski definition) is 1. The predicted octanol–water partition coefficient (Wildman–Crippen LogP) is 4.54. The van der Waals surface area contributed by atoms with Crippen molar-refractivity contribution in [2.45, 2.75) is 12.6 Å². The number of aromatic nitrogens is 2. The number of alkyl halides is 3. The molecule has 0 unspecified atom stereocenters. The number of halogens is 4. The van der Waals surface area contributed by atoms with E-state index < -0.39 is 17.8 Å². The second-order valence-electron chi connectivity index (χ2n) is 5.28. The van der Waals surface area contributed by atoms with E-state index in [2.05, 4.69) is 15.3 Å². The van der Waals surface area contributed by atoms with Crippen LogP contribution in [-0.4, -0.2) is 15.9 Å². The summed E-state index contributed by atoms with van der Waals surface area (Å²) in [5.41, 5.74) is -0.370. The number of rotatable bonds is 4. The zero-order valence-electron chi connectivity index (χ0n) is 13.0. The maximum Gasteiger partial charge on any atom is 0.433 e. The Morgan fingerprint density at radius 2 is 1.92 bits per heavy atom. The second-order valence-corrected chi connectivity index (χ2v) is 6.22. The van der Waals surface area contributed by atoms with E-state index in [0.29, 0.717) is 10.6 Å². The van der Waals surface area contributed by atoms with Gasteiger partial charge in [-0.3, -0.25) is 4.79 Å². The van der Waals surface area contributed by atoms with Gasteiger partial charge in [0.2, 0.25) is 0 Å². The van der Waals surface area contributed by atoms with Crippen molar-refractivity contribution in [3.05, 3.63) is 75.8 Å². The van der Waals surface area contributed by atoms with E-state index in [0.717, 1.165) is 18.3 Å². The fourth-order valence-electron chi connectivity index (χ4n) is 2.13. The van der Waals surface area contributed by atoms with Crippen LogP contribution in [0.3, 0.4) is 0 Å². The number of thiazole rings is 1. The highest BCUT2D eigenvalue weighted by atomic mass is 32.1. The van der Waals surface area contributed by atoms with Gasteiger partial charge in [-0.25, -0.2) is 14.4 Å². The summed E-state index contributed by atoms with van der Waals surface area (Å²) in [5.74, 6) is -0.938. The number of amides is 1. The lowest BCUT2D eigenvalue weighted by Crippen LogP contribution is -2.14. The van der Waals surface area contributed by atoms with Crippen LogP contribution in [0, 0.1) is 5.82 Å². The molecule has 0 aliphatic rings. The highest BCUT2D eigenvalue weighted by Gasteiger charge is 2.32. The first-order chi connectivity index (χ1) is 12.3. The monoisotopic (exact) mass is 381 g/mol. The van der Waals surface area contributed by atoms with Gasteiger partial charge in [0, 0.05) is 11.8 Å². The topological polar surface area (TPSA) is 54.9 Å².